The molecule has 3 nitrogen and oxygen atoms in total. The van der Waals surface area contributed by atoms with Crippen LogP contribution >= 0.6 is 0 Å². The van der Waals surface area contributed by atoms with Crippen molar-refractivity contribution in [2.45, 2.75) is 64.7 Å². The normalized spacial score (nSPS) is 29.1. The molecule has 0 aliphatic heterocycles. The summed E-state index contributed by atoms with van der Waals surface area (Å²) in [5, 5.41) is 4.46. The lowest BCUT2D eigenvalue weighted by Crippen LogP contribution is -2.32. The molecule has 2 aliphatic carbocycles. The van der Waals surface area contributed by atoms with E-state index < -0.39 is 0 Å². The van der Waals surface area contributed by atoms with E-state index in [0.29, 0.717) is 18.1 Å². The monoisotopic (exact) mass is 288 g/mol. The molecule has 2 aliphatic rings. The maximum absolute atomic E-state index is 12.7. The van der Waals surface area contributed by atoms with Gasteiger partial charge in [-0.1, -0.05) is 32.6 Å². The molecule has 1 heterocycles. The molecule has 2 fully saturated rings. The summed E-state index contributed by atoms with van der Waals surface area (Å²) in [6.07, 6.45) is 10.6. The predicted octanol–water partition coefficient (Wildman–Crippen LogP) is 3.70. The molecule has 2 saturated carbocycles. The van der Waals surface area contributed by atoms with Gasteiger partial charge in [0.1, 0.15) is 5.78 Å². The van der Waals surface area contributed by atoms with Crippen LogP contribution < -0.4 is 0 Å². The number of carbonyl (C=O) groups excluding carboxylic acids is 1. The molecular formula is C18H28N2O. The van der Waals surface area contributed by atoms with Gasteiger partial charge in [0, 0.05) is 25.1 Å². The maximum Gasteiger partial charge on any atom is 0.141 e. The van der Waals surface area contributed by atoms with E-state index in [1.807, 2.05) is 11.7 Å². The van der Waals surface area contributed by atoms with Crippen LogP contribution in [0.25, 0.3) is 0 Å². The zero-order valence-electron chi connectivity index (χ0n) is 13.5. The first kappa shape index (κ1) is 14.8. The van der Waals surface area contributed by atoms with Gasteiger partial charge in [-0.15, -0.1) is 0 Å². The van der Waals surface area contributed by atoms with Gasteiger partial charge in [-0.25, -0.2) is 0 Å². The van der Waals surface area contributed by atoms with Crippen molar-refractivity contribution >= 4 is 5.78 Å². The van der Waals surface area contributed by atoms with Crippen molar-refractivity contribution in [2.75, 3.05) is 0 Å². The van der Waals surface area contributed by atoms with Crippen molar-refractivity contribution in [1.82, 2.24) is 9.78 Å². The largest absolute Gasteiger partial charge is 0.299 e. The third kappa shape index (κ3) is 3.22. The second-order valence-electron chi connectivity index (χ2n) is 7.06. The molecule has 0 spiro atoms. The average molecular weight is 288 g/mol. The van der Waals surface area contributed by atoms with Crippen LogP contribution in [0.15, 0.2) is 6.07 Å². The molecule has 1 aromatic rings. The number of nitrogens with zero attached hydrogens (tertiary/aromatic N) is 2. The molecular weight excluding hydrogens is 260 g/mol. The Kier molecular flexibility index (Phi) is 4.46. The van der Waals surface area contributed by atoms with Crippen molar-refractivity contribution < 1.29 is 4.79 Å². The fraction of sp³-hybridized carbons (Fsp3) is 0.778. The highest BCUT2D eigenvalue weighted by Crippen LogP contribution is 2.43. The second kappa shape index (κ2) is 6.33. The molecule has 1 aromatic heterocycles. The quantitative estimate of drug-likeness (QED) is 0.846. The molecule has 116 valence electrons. The van der Waals surface area contributed by atoms with Gasteiger partial charge in [-0.2, -0.15) is 5.10 Å². The van der Waals surface area contributed by atoms with E-state index >= 15 is 0 Å². The minimum absolute atomic E-state index is 0.310. The number of fused-ring (bicyclic) bond motifs is 1. The van der Waals surface area contributed by atoms with Gasteiger partial charge in [0.25, 0.3) is 0 Å². The molecule has 0 aromatic carbocycles. The Labute approximate surface area is 128 Å². The molecule has 21 heavy (non-hydrogen) atoms. The Morgan fingerprint density at radius 2 is 2.00 bits per heavy atom. The highest BCUT2D eigenvalue weighted by atomic mass is 16.1. The Balaban J connectivity index is 1.61. The van der Waals surface area contributed by atoms with Crippen LogP contribution in [0.1, 0.15) is 63.3 Å². The Hall–Kier alpha value is -1.12. The molecule has 0 saturated heterocycles. The van der Waals surface area contributed by atoms with E-state index in [4.69, 9.17) is 0 Å². The molecule has 3 heteroatoms. The van der Waals surface area contributed by atoms with E-state index in [1.54, 1.807) is 0 Å². The third-order valence-electron chi connectivity index (χ3n) is 5.74. The van der Waals surface area contributed by atoms with Gasteiger partial charge >= 0.3 is 0 Å². The number of ketones is 1. The number of aromatic nitrogens is 2. The van der Waals surface area contributed by atoms with Crippen LogP contribution in [0.2, 0.25) is 0 Å². The summed E-state index contributed by atoms with van der Waals surface area (Å²) in [6.45, 7) is 2.11. The van der Waals surface area contributed by atoms with Gasteiger partial charge in [-0.3, -0.25) is 9.48 Å². The minimum atomic E-state index is 0.310. The summed E-state index contributed by atoms with van der Waals surface area (Å²) in [6, 6.07) is 2.10. The summed E-state index contributed by atoms with van der Waals surface area (Å²) in [4.78, 5) is 12.7. The highest BCUT2D eigenvalue weighted by molar-refractivity contribution is 5.83. The van der Waals surface area contributed by atoms with Crippen molar-refractivity contribution in [3.05, 3.63) is 17.5 Å². The first-order chi connectivity index (χ1) is 10.2. The average Bonchev–Trinajstić information content (AvgIpc) is 2.87. The fourth-order valence-corrected chi connectivity index (χ4v) is 4.40. The predicted molar refractivity (Wildman–Crippen MR) is 84.1 cm³/mol. The van der Waals surface area contributed by atoms with Crippen molar-refractivity contribution in [1.29, 1.82) is 0 Å². The van der Waals surface area contributed by atoms with Gasteiger partial charge in [-0.05, 0) is 43.6 Å². The summed E-state index contributed by atoms with van der Waals surface area (Å²) < 4.78 is 1.89. The molecule has 3 rings (SSSR count). The van der Waals surface area contributed by atoms with Gasteiger partial charge in [0.2, 0.25) is 0 Å². The number of rotatable bonds is 4. The lowest BCUT2D eigenvalue weighted by molar-refractivity contribution is -0.124. The van der Waals surface area contributed by atoms with Gasteiger partial charge in [0.05, 0.1) is 5.69 Å². The van der Waals surface area contributed by atoms with E-state index in [1.165, 1.54) is 32.1 Å². The Bertz CT molecular complexity index is 505. The van der Waals surface area contributed by atoms with E-state index in [2.05, 4.69) is 18.1 Å². The van der Waals surface area contributed by atoms with Crippen molar-refractivity contribution in [3.8, 4) is 0 Å². The van der Waals surface area contributed by atoms with Crippen LogP contribution in [0.3, 0.4) is 0 Å². The zero-order valence-corrected chi connectivity index (χ0v) is 13.5. The minimum Gasteiger partial charge on any atom is -0.299 e. The van der Waals surface area contributed by atoms with Crippen molar-refractivity contribution in [3.63, 3.8) is 0 Å². The van der Waals surface area contributed by atoms with Crippen LogP contribution in [0.4, 0.5) is 0 Å². The van der Waals surface area contributed by atoms with Gasteiger partial charge in [0.15, 0.2) is 0 Å². The summed E-state index contributed by atoms with van der Waals surface area (Å²) in [7, 11) is 1.96. The standard InChI is InChI=1S/C18H28N2O/c1-3-16-11-17(20(2)19-16)12-18(21)15-9-8-13-6-4-5-7-14(13)10-15/h11,13-15H,3-10,12H2,1-2H3. The van der Waals surface area contributed by atoms with Crippen LogP contribution in [-0.4, -0.2) is 15.6 Å². The molecule has 0 radical (unpaired) electrons. The molecule has 3 atom stereocenters. The lowest BCUT2D eigenvalue weighted by Gasteiger charge is -2.38. The molecule has 0 bridgehead atoms. The first-order valence-corrected chi connectivity index (χ1v) is 8.72. The smallest absolute Gasteiger partial charge is 0.141 e. The molecule has 0 N–H and O–H groups in total. The number of aryl methyl sites for hydroxylation is 2. The SMILES string of the molecule is CCc1cc(CC(=O)C2CCC3CCCCC3C2)n(C)n1. The Morgan fingerprint density at radius 3 is 2.71 bits per heavy atom. The summed E-state index contributed by atoms with van der Waals surface area (Å²) in [5.41, 5.74) is 2.18. The van der Waals surface area contributed by atoms with Crippen LogP contribution in [0.5, 0.6) is 0 Å². The second-order valence-corrected chi connectivity index (χ2v) is 7.06. The number of carbonyl (C=O) groups is 1. The first-order valence-electron chi connectivity index (χ1n) is 8.72. The Morgan fingerprint density at radius 1 is 1.24 bits per heavy atom. The number of hydrogen-bond donors (Lipinski definition) is 0. The maximum atomic E-state index is 12.7. The molecule has 0 amide bonds. The van der Waals surface area contributed by atoms with E-state index in [9.17, 15) is 4.79 Å². The van der Waals surface area contributed by atoms with Gasteiger partial charge < -0.3 is 0 Å². The fourth-order valence-electron chi connectivity index (χ4n) is 4.40. The molecule has 3 unspecified atom stereocenters. The van der Waals surface area contributed by atoms with Crippen LogP contribution in [-0.2, 0) is 24.7 Å². The van der Waals surface area contributed by atoms with E-state index in [-0.39, 0.29) is 0 Å². The highest BCUT2D eigenvalue weighted by Gasteiger charge is 2.34. The van der Waals surface area contributed by atoms with Crippen LogP contribution in [0, 0.1) is 17.8 Å². The van der Waals surface area contributed by atoms with E-state index in [0.717, 1.165) is 42.5 Å². The topological polar surface area (TPSA) is 34.9 Å². The number of Topliss-reactive ketones (excluding diaryl/α,β-unsaturated/α-hetero) is 1. The zero-order chi connectivity index (χ0) is 14.8. The lowest BCUT2D eigenvalue weighted by atomic mass is 9.66. The third-order valence-corrected chi connectivity index (χ3v) is 5.74. The van der Waals surface area contributed by atoms with Crippen molar-refractivity contribution in [2.24, 2.45) is 24.8 Å². The summed E-state index contributed by atoms with van der Waals surface area (Å²) in [5.74, 6) is 2.51. The summed E-state index contributed by atoms with van der Waals surface area (Å²) >= 11 is 0. The number of hydrogen-bond acceptors (Lipinski definition) is 2.